The number of carbonyl (C=O) groups excluding carboxylic acids is 1. The Morgan fingerprint density at radius 1 is 1.09 bits per heavy atom. The van der Waals surface area contributed by atoms with Crippen LogP contribution in [0.1, 0.15) is 56.8 Å². The van der Waals surface area contributed by atoms with E-state index in [2.05, 4.69) is 40.7 Å². The van der Waals surface area contributed by atoms with Crippen molar-refractivity contribution >= 4 is 29.2 Å². The summed E-state index contributed by atoms with van der Waals surface area (Å²) in [7, 11) is 0. The summed E-state index contributed by atoms with van der Waals surface area (Å²) in [5.74, 6) is 0.464. The topological polar surface area (TPSA) is 70.4 Å². The summed E-state index contributed by atoms with van der Waals surface area (Å²) in [6.45, 7) is 8.32. The van der Waals surface area contributed by atoms with Gasteiger partial charge in [0.15, 0.2) is 0 Å². The van der Waals surface area contributed by atoms with Crippen LogP contribution < -0.4 is 14.9 Å². The normalized spacial score (nSPS) is 17.1. The summed E-state index contributed by atoms with van der Waals surface area (Å²) < 4.78 is 8.94. The molecule has 1 saturated heterocycles. The van der Waals surface area contributed by atoms with Crippen LogP contribution in [0.25, 0.3) is 11.5 Å². The largest absolute Gasteiger partial charge is 0.445 e. The fourth-order valence-electron chi connectivity index (χ4n) is 4.43. The van der Waals surface area contributed by atoms with Gasteiger partial charge in [0, 0.05) is 34.8 Å². The van der Waals surface area contributed by atoms with Crippen LogP contribution in [0, 0.1) is 5.41 Å². The molecule has 1 aliphatic carbocycles. The van der Waals surface area contributed by atoms with E-state index in [4.69, 9.17) is 4.42 Å². The number of anilines is 2. The summed E-state index contributed by atoms with van der Waals surface area (Å²) in [6.07, 6.45) is 8.31. The van der Waals surface area contributed by atoms with E-state index in [9.17, 15) is 4.79 Å². The summed E-state index contributed by atoms with van der Waals surface area (Å²) in [5.41, 5.74) is 3.85. The molecule has 1 amide bonds. The van der Waals surface area contributed by atoms with Crippen LogP contribution >= 0.6 is 11.9 Å². The van der Waals surface area contributed by atoms with Crippen molar-refractivity contribution < 1.29 is 9.21 Å². The third-order valence-electron chi connectivity index (χ3n) is 6.61. The molecule has 2 heterocycles. The van der Waals surface area contributed by atoms with Crippen LogP contribution in [-0.4, -0.2) is 29.5 Å². The first-order valence-electron chi connectivity index (χ1n) is 11.9. The highest BCUT2D eigenvalue weighted by Crippen LogP contribution is 2.54. The van der Waals surface area contributed by atoms with Crippen molar-refractivity contribution in [3.8, 4) is 11.5 Å². The quantitative estimate of drug-likeness (QED) is 0.403. The number of aromatic nitrogens is 1. The number of rotatable bonds is 6. The Morgan fingerprint density at radius 3 is 2.56 bits per heavy atom. The van der Waals surface area contributed by atoms with Gasteiger partial charge in [0.25, 0.3) is 5.91 Å². The molecule has 0 atom stereocenters. The Balaban J connectivity index is 1.38. The summed E-state index contributed by atoms with van der Waals surface area (Å²) in [6, 6.07) is 13.8. The monoisotopic (exact) mass is 476 g/mol. The number of carbonyl (C=O) groups is 1. The number of hydrogen-bond acceptors (Lipinski definition) is 6. The highest BCUT2D eigenvalue weighted by atomic mass is 32.2. The second-order valence-electron chi connectivity index (χ2n) is 10.5. The van der Waals surface area contributed by atoms with Gasteiger partial charge in [-0.3, -0.25) is 9.52 Å². The minimum absolute atomic E-state index is 0.00307. The molecule has 2 aliphatic rings. The van der Waals surface area contributed by atoms with Crippen molar-refractivity contribution in [2.75, 3.05) is 23.3 Å². The Morgan fingerprint density at radius 2 is 1.88 bits per heavy atom. The third-order valence-corrected chi connectivity index (χ3v) is 7.81. The number of oxazole rings is 1. The zero-order valence-electron chi connectivity index (χ0n) is 20.1. The van der Waals surface area contributed by atoms with Gasteiger partial charge in [-0.05, 0) is 100 Å². The maximum absolute atomic E-state index is 13.4. The lowest BCUT2D eigenvalue weighted by Crippen LogP contribution is -2.35. The van der Waals surface area contributed by atoms with Crippen molar-refractivity contribution in [1.82, 2.24) is 9.71 Å². The second-order valence-corrected chi connectivity index (χ2v) is 11.4. The molecule has 7 heteroatoms. The fraction of sp³-hybridized carbons (Fsp3) is 0.407. The number of nitrogens with zero attached hydrogens (tertiary/aromatic N) is 2. The van der Waals surface area contributed by atoms with E-state index >= 15 is 0 Å². The van der Waals surface area contributed by atoms with Crippen molar-refractivity contribution in [1.29, 1.82) is 0 Å². The number of nitrogens with one attached hydrogen (secondary N) is 2. The molecule has 5 rings (SSSR count). The van der Waals surface area contributed by atoms with Crippen LogP contribution in [0.3, 0.4) is 0 Å². The van der Waals surface area contributed by atoms with E-state index < -0.39 is 0 Å². The molecule has 0 radical (unpaired) electrons. The molecule has 0 bridgehead atoms. The Labute approximate surface area is 205 Å². The van der Waals surface area contributed by atoms with Crippen molar-refractivity contribution in [2.45, 2.75) is 56.9 Å². The average Bonchev–Trinajstić information content (AvgIpc) is 3.34. The lowest BCUT2D eigenvalue weighted by molar-refractivity contribution is 0.102. The zero-order chi connectivity index (χ0) is 23.8. The first kappa shape index (κ1) is 23.0. The van der Waals surface area contributed by atoms with Gasteiger partial charge in [-0.25, -0.2) is 4.98 Å². The maximum Gasteiger partial charge on any atom is 0.257 e. The maximum atomic E-state index is 13.4. The smallest absolute Gasteiger partial charge is 0.257 e. The van der Waals surface area contributed by atoms with Gasteiger partial charge in [-0.15, -0.1) is 0 Å². The number of hydrogen-bond donors (Lipinski definition) is 2. The van der Waals surface area contributed by atoms with Crippen molar-refractivity contribution in [2.24, 2.45) is 5.41 Å². The SMILES string of the molecule is CC(C)(C)NSc1cccc(NC(=O)c2ccc(-c3ncco3)cc2N2CCC3(CC2)CC3)c1. The van der Waals surface area contributed by atoms with Gasteiger partial charge in [0.2, 0.25) is 5.89 Å². The Kier molecular flexibility index (Phi) is 6.16. The lowest BCUT2D eigenvalue weighted by Gasteiger charge is -2.35. The van der Waals surface area contributed by atoms with E-state index in [1.807, 2.05) is 42.5 Å². The standard InChI is InChI=1S/C27H32N4O2S/c1-26(2,3)30-34-21-6-4-5-20(18-21)29-24(32)22-8-7-19(25-28-13-16-33-25)17-23(22)31-14-11-27(9-10-27)12-15-31/h4-8,13,16-18,30H,9-12,14-15H2,1-3H3,(H,29,32). The zero-order valence-corrected chi connectivity index (χ0v) is 20.9. The summed E-state index contributed by atoms with van der Waals surface area (Å²) >= 11 is 1.57. The van der Waals surface area contributed by atoms with Crippen LogP contribution in [-0.2, 0) is 0 Å². The molecule has 0 unspecified atom stereocenters. The third kappa shape index (κ3) is 5.31. The molecule has 1 aromatic heterocycles. The van der Waals surface area contributed by atoms with Gasteiger partial charge < -0.3 is 14.6 Å². The number of amides is 1. The second kappa shape index (κ2) is 9.12. The molecule has 6 nitrogen and oxygen atoms in total. The molecule has 1 aliphatic heterocycles. The lowest BCUT2D eigenvalue weighted by atomic mass is 9.92. The number of benzene rings is 2. The minimum atomic E-state index is -0.105. The minimum Gasteiger partial charge on any atom is -0.445 e. The summed E-state index contributed by atoms with van der Waals surface area (Å²) in [4.78, 5) is 21.1. The highest BCUT2D eigenvalue weighted by molar-refractivity contribution is 7.97. The molecule has 3 aromatic rings. The molecular formula is C27H32N4O2S. The van der Waals surface area contributed by atoms with Crippen LogP contribution in [0.15, 0.2) is 64.2 Å². The number of piperidine rings is 1. The highest BCUT2D eigenvalue weighted by Gasteiger charge is 2.44. The first-order valence-corrected chi connectivity index (χ1v) is 12.8. The fourth-order valence-corrected chi connectivity index (χ4v) is 5.19. The van der Waals surface area contributed by atoms with Gasteiger partial charge in [-0.1, -0.05) is 6.07 Å². The molecule has 1 spiro atoms. The molecular weight excluding hydrogens is 444 g/mol. The van der Waals surface area contributed by atoms with E-state index in [1.54, 1.807) is 24.4 Å². The van der Waals surface area contributed by atoms with Gasteiger partial charge in [0.1, 0.15) is 6.26 Å². The summed E-state index contributed by atoms with van der Waals surface area (Å²) in [5, 5.41) is 3.11. The van der Waals surface area contributed by atoms with E-state index in [0.717, 1.165) is 34.9 Å². The molecule has 2 fully saturated rings. The molecule has 34 heavy (non-hydrogen) atoms. The Bertz CT molecular complexity index is 1160. The molecule has 2 aromatic carbocycles. The van der Waals surface area contributed by atoms with E-state index in [-0.39, 0.29) is 11.4 Å². The van der Waals surface area contributed by atoms with Gasteiger partial charge in [0.05, 0.1) is 17.4 Å². The van der Waals surface area contributed by atoms with Gasteiger partial charge >= 0.3 is 0 Å². The predicted octanol–water partition coefficient (Wildman–Crippen LogP) is 6.37. The van der Waals surface area contributed by atoms with E-state index in [0.29, 0.717) is 16.9 Å². The van der Waals surface area contributed by atoms with Crippen LogP contribution in [0.2, 0.25) is 0 Å². The molecule has 178 valence electrons. The average molecular weight is 477 g/mol. The Hall–Kier alpha value is -2.77. The van der Waals surface area contributed by atoms with Crippen LogP contribution in [0.4, 0.5) is 11.4 Å². The van der Waals surface area contributed by atoms with Gasteiger partial charge in [-0.2, -0.15) is 0 Å². The van der Waals surface area contributed by atoms with Crippen LogP contribution in [0.5, 0.6) is 0 Å². The molecule has 1 saturated carbocycles. The molecule has 2 N–H and O–H groups in total. The van der Waals surface area contributed by atoms with Crippen molar-refractivity contribution in [3.63, 3.8) is 0 Å². The first-order chi connectivity index (χ1) is 16.3. The van der Waals surface area contributed by atoms with E-state index in [1.165, 1.54) is 25.7 Å². The van der Waals surface area contributed by atoms with Crippen molar-refractivity contribution in [3.05, 3.63) is 60.5 Å². The predicted molar refractivity (Wildman–Crippen MR) is 138 cm³/mol.